The van der Waals surface area contributed by atoms with Crippen LogP contribution < -0.4 is 4.90 Å². The van der Waals surface area contributed by atoms with Gasteiger partial charge in [0.05, 0.1) is 44.6 Å². The van der Waals surface area contributed by atoms with Crippen LogP contribution in [0.3, 0.4) is 0 Å². The minimum Gasteiger partial charge on any atom is -0.307 e. The molecule has 4 heterocycles. The number of allylic oxidation sites excluding steroid dienone is 1. The van der Waals surface area contributed by atoms with Gasteiger partial charge in [-0.15, -0.1) is 22.7 Å². The van der Waals surface area contributed by atoms with E-state index in [1.165, 1.54) is 20.7 Å². The predicted molar refractivity (Wildman–Crippen MR) is 188 cm³/mol. The van der Waals surface area contributed by atoms with Crippen LogP contribution in [0.25, 0.3) is 36.8 Å². The Bertz CT molecular complexity index is 2340. The first-order chi connectivity index (χ1) is 22.4. The van der Waals surface area contributed by atoms with E-state index in [9.17, 15) is 9.59 Å². The molecule has 7 heteroatoms. The van der Waals surface area contributed by atoms with Gasteiger partial charge in [-0.05, 0) is 70.9 Å². The maximum atomic E-state index is 13.4. The Kier molecular flexibility index (Phi) is 5.82. The minimum absolute atomic E-state index is 0.200. The zero-order valence-corrected chi connectivity index (χ0v) is 26.6. The average Bonchev–Trinajstić information content (AvgIpc) is 3.76. The van der Waals surface area contributed by atoms with Crippen molar-refractivity contribution in [2.45, 2.75) is 19.3 Å². The summed E-state index contributed by atoms with van der Waals surface area (Å²) in [5.74, 6) is -0.400. The highest BCUT2D eigenvalue weighted by Crippen LogP contribution is 2.57. The lowest BCUT2D eigenvalue weighted by atomic mass is 9.83. The van der Waals surface area contributed by atoms with Crippen LogP contribution in [0.2, 0.25) is 0 Å². The second-order valence-corrected chi connectivity index (χ2v) is 14.3. The molecule has 0 amide bonds. The highest BCUT2D eigenvalue weighted by molar-refractivity contribution is 7.30. The summed E-state index contributed by atoms with van der Waals surface area (Å²) in [6.07, 6.45) is 7.39. The maximum absolute atomic E-state index is 13.4. The number of rotatable bonds is 4. The Balaban J connectivity index is 1.11. The Hall–Kier alpha value is -5.24. The first kappa shape index (κ1) is 27.1. The van der Waals surface area contributed by atoms with E-state index in [4.69, 9.17) is 4.98 Å². The van der Waals surface area contributed by atoms with Gasteiger partial charge in [-0.1, -0.05) is 56.3 Å². The molecule has 0 atom stereocenters. The zero-order chi connectivity index (χ0) is 31.2. The highest BCUT2D eigenvalue weighted by atomic mass is 32.1. The van der Waals surface area contributed by atoms with Crippen molar-refractivity contribution in [2.75, 3.05) is 4.90 Å². The van der Waals surface area contributed by atoms with Crippen molar-refractivity contribution >= 4 is 77.6 Å². The van der Waals surface area contributed by atoms with Crippen LogP contribution in [-0.2, 0) is 5.41 Å². The number of nitrogens with zero attached hydrogens (tertiary/aromatic N) is 3. The number of para-hydroxylation sites is 1. The van der Waals surface area contributed by atoms with Crippen LogP contribution in [0.1, 0.15) is 50.6 Å². The van der Waals surface area contributed by atoms with Crippen LogP contribution in [0.5, 0.6) is 0 Å². The Morgan fingerprint density at radius 3 is 2.13 bits per heavy atom. The van der Waals surface area contributed by atoms with Gasteiger partial charge in [-0.3, -0.25) is 19.6 Å². The zero-order valence-electron chi connectivity index (χ0n) is 24.9. The predicted octanol–water partition coefficient (Wildman–Crippen LogP) is 10.1. The van der Waals surface area contributed by atoms with E-state index in [1.54, 1.807) is 34.9 Å². The van der Waals surface area contributed by atoms with Crippen LogP contribution in [0, 0.1) is 0 Å². The fourth-order valence-corrected chi connectivity index (χ4v) is 9.79. The molecule has 5 nitrogen and oxygen atoms in total. The van der Waals surface area contributed by atoms with Crippen LogP contribution >= 0.6 is 22.7 Å². The van der Waals surface area contributed by atoms with Crippen molar-refractivity contribution in [1.29, 1.82) is 0 Å². The topological polar surface area (TPSA) is 63.2 Å². The quantitative estimate of drug-likeness (QED) is 0.143. The van der Waals surface area contributed by atoms with E-state index in [2.05, 4.69) is 54.1 Å². The number of Topliss-reactive ketones (excluding diaryl/α,β-unsaturated/α-hetero) is 2. The summed E-state index contributed by atoms with van der Waals surface area (Å²) in [5.41, 5.74) is 7.34. The van der Waals surface area contributed by atoms with Gasteiger partial charge in [0.15, 0.2) is 11.6 Å². The Labute approximate surface area is 273 Å². The fourth-order valence-electron chi connectivity index (χ4n) is 6.87. The normalized spacial score (nSPS) is 14.5. The molecule has 0 saturated heterocycles. The van der Waals surface area contributed by atoms with Crippen molar-refractivity contribution in [2.24, 2.45) is 0 Å². The Morgan fingerprint density at radius 1 is 0.739 bits per heavy atom. The van der Waals surface area contributed by atoms with E-state index >= 15 is 0 Å². The lowest BCUT2D eigenvalue weighted by Crippen LogP contribution is -2.17. The molecule has 0 N–H and O–H groups in total. The highest BCUT2D eigenvalue weighted by Gasteiger charge is 2.41. The van der Waals surface area contributed by atoms with E-state index in [0.717, 1.165) is 43.1 Å². The molecular formula is C39H25N3O2S2. The molecule has 4 aromatic heterocycles. The second-order valence-electron chi connectivity index (χ2n) is 12.2. The number of hydrogen-bond donors (Lipinski definition) is 0. The number of ketones is 2. The Morgan fingerprint density at radius 2 is 1.43 bits per heavy atom. The maximum Gasteiger partial charge on any atom is 0.197 e. The molecule has 0 bridgehead atoms. The molecule has 46 heavy (non-hydrogen) atoms. The number of carbonyl (C=O) groups excluding carboxylic acids is 2. The van der Waals surface area contributed by atoms with E-state index < -0.39 is 0 Å². The molecule has 0 spiro atoms. The van der Waals surface area contributed by atoms with Gasteiger partial charge in [0.1, 0.15) is 0 Å². The molecule has 3 aromatic carbocycles. The number of hydrogen-bond acceptors (Lipinski definition) is 7. The number of anilines is 3. The average molecular weight is 632 g/mol. The summed E-state index contributed by atoms with van der Waals surface area (Å²) < 4.78 is 2.33. The molecule has 0 radical (unpaired) electrons. The van der Waals surface area contributed by atoms with Gasteiger partial charge in [0.2, 0.25) is 0 Å². The first-order valence-electron chi connectivity index (χ1n) is 15.1. The molecule has 0 fully saturated rings. The van der Waals surface area contributed by atoms with E-state index in [1.807, 2.05) is 73.1 Å². The third-order valence-corrected chi connectivity index (χ3v) is 11.5. The number of fused-ring (bicyclic) bond motifs is 7. The molecule has 9 rings (SSSR count). The summed E-state index contributed by atoms with van der Waals surface area (Å²) in [7, 11) is 0. The lowest BCUT2D eigenvalue weighted by Gasteiger charge is -2.27. The summed E-state index contributed by atoms with van der Waals surface area (Å²) in [6.45, 7) is 4.52. The second kappa shape index (κ2) is 9.88. The van der Waals surface area contributed by atoms with Crippen molar-refractivity contribution < 1.29 is 9.59 Å². The lowest BCUT2D eigenvalue weighted by molar-refractivity contribution is 0.0990. The van der Waals surface area contributed by atoms with E-state index in [0.29, 0.717) is 11.1 Å². The summed E-state index contributed by atoms with van der Waals surface area (Å²) in [6, 6.07) is 30.2. The number of pyridine rings is 2. The van der Waals surface area contributed by atoms with Crippen molar-refractivity contribution in [1.82, 2.24) is 9.97 Å². The minimum atomic E-state index is -0.298. The molecule has 220 valence electrons. The summed E-state index contributed by atoms with van der Waals surface area (Å²) >= 11 is 3.38. The standard InChI is InChI=1S/C39H25N3O2S2/c1-39(2)31-17-26(42(24-11-4-3-5-12-24)25-13-8-14-40-20-25)21-41-34(31)38-33(39)37-32(46-38)19-27(45-37)18-30-35(43)28-15-22-9-6-7-10-23(22)16-29(28)36(30)44/h3-21H,1-2H3. The molecule has 0 saturated carbocycles. The molecule has 7 aromatic rings. The number of aromatic nitrogens is 2. The van der Waals surface area contributed by atoms with Crippen molar-refractivity contribution in [3.8, 4) is 10.6 Å². The van der Waals surface area contributed by atoms with Crippen molar-refractivity contribution in [3.05, 3.63) is 142 Å². The first-order valence-corrected chi connectivity index (χ1v) is 16.7. The van der Waals surface area contributed by atoms with Gasteiger partial charge in [-0.25, -0.2) is 0 Å². The number of thiophene rings is 2. The van der Waals surface area contributed by atoms with Crippen LogP contribution in [0.15, 0.2) is 115 Å². The molecule has 0 unspecified atom stereocenters. The van der Waals surface area contributed by atoms with Crippen LogP contribution in [0.4, 0.5) is 17.1 Å². The van der Waals surface area contributed by atoms with E-state index in [-0.39, 0.29) is 22.6 Å². The number of benzene rings is 3. The summed E-state index contributed by atoms with van der Waals surface area (Å²) in [5, 5.41) is 1.92. The third kappa shape index (κ3) is 3.92. The smallest absolute Gasteiger partial charge is 0.197 e. The third-order valence-electron chi connectivity index (χ3n) is 9.10. The van der Waals surface area contributed by atoms with Gasteiger partial charge < -0.3 is 4.90 Å². The monoisotopic (exact) mass is 631 g/mol. The fraction of sp³-hybridized carbons (Fsp3) is 0.0769. The molecular weight excluding hydrogens is 607 g/mol. The van der Waals surface area contributed by atoms with Gasteiger partial charge in [0.25, 0.3) is 0 Å². The largest absolute Gasteiger partial charge is 0.307 e. The summed E-state index contributed by atoms with van der Waals surface area (Å²) in [4.78, 5) is 40.6. The molecule has 2 aliphatic rings. The molecule has 2 aliphatic carbocycles. The molecule has 0 aliphatic heterocycles. The van der Waals surface area contributed by atoms with Gasteiger partial charge in [-0.2, -0.15) is 0 Å². The van der Waals surface area contributed by atoms with Crippen molar-refractivity contribution in [3.63, 3.8) is 0 Å². The van der Waals surface area contributed by atoms with Gasteiger partial charge in [0, 0.05) is 43.6 Å². The SMILES string of the molecule is CC1(C)c2cc(N(c3ccccc3)c3cccnc3)cnc2-c2sc3cc(C=C4C(=O)c5cc6ccccc6cc5C4=O)sc3c21. The van der Waals surface area contributed by atoms with Gasteiger partial charge >= 0.3 is 0 Å². The number of carbonyl (C=O) groups is 2. The van der Waals surface area contributed by atoms with Crippen LogP contribution in [-0.4, -0.2) is 21.5 Å².